The molecule has 0 aromatic heterocycles. The highest BCUT2D eigenvalue weighted by atomic mass is 32.2. The zero-order valence-corrected chi connectivity index (χ0v) is 11.1. The zero-order valence-electron chi connectivity index (χ0n) is 10.3. The Labute approximate surface area is 105 Å². The molecule has 1 unspecified atom stereocenters. The van der Waals surface area contributed by atoms with E-state index in [9.17, 15) is 4.79 Å². The molecule has 4 heteroatoms. The van der Waals surface area contributed by atoms with Crippen molar-refractivity contribution in [3.05, 3.63) is 23.3 Å². The van der Waals surface area contributed by atoms with Crippen molar-refractivity contribution in [2.75, 3.05) is 14.2 Å². The number of benzene rings is 1. The van der Waals surface area contributed by atoms with Gasteiger partial charge < -0.3 is 9.47 Å². The second kappa shape index (κ2) is 5.00. The number of fused-ring (bicyclic) bond motifs is 1. The lowest BCUT2D eigenvalue weighted by atomic mass is 10.0. The standard InChI is InChI=1S/C13H16O3S/c1-8-4-11(14)10-6-13(16-3)12(15-2)5-9(10)7-17-8/h5-6,8H,4,7H2,1-3H3. The number of ketones is 1. The van der Waals surface area contributed by atoms with Crippen molar-refractivity contribution in [2.45, 2.75) is 24.3 Å². The van der Waals surface area contributed by atoms with E-state index in [-0.39, 0.29) is 5.78 Å². The van der Waals surface area contributed by atoms with E-state index in [1.165, 1.54) is 0 Å². The number of carbonyl (C=O) groups is 1. The Balaban J connectivity index is 2.49. The van der Waals surface area contributed by atoms with Gasteiger partial charge in [-0.05, 0) is 17.7 Å². The highest BCUT2D eigenvalue weighted by Gasteiger charge is 2.22. The monoisotopic (exact) mass is 252 g/mol. The van der Waals surface area contributed by atoms with Crippen LogP contribution in [-0.2, 0) is 5.75 Å². The number of rotatable bonds is 2. The quantitative estimate of drug-likeness (QED) is 0.810. The van der Waals surface area contributed by atoms with Crippen LogP contribution in [0.15, 0.2) is 12.1 Å². The van der Waals surface area contributed by atoms with Gasteiger partial charge in [0.15, 0.2) is 17.3 Å². The summed E-state index contributed by atoms with van der Waals surface area (Å²) >= 11 is 1.80. The summed E-state index contributed by atoms with van der Waals surface area (Å²) in [5, 5.41) is 0.367. The molecular weight excluding hydrogens is 236 g/mol. The van der Waals surface area contributed by atoms with Crippen molar-refractivity contribution < 1.29 is 14.3 Å². The second-order valence-electron chi connectivity index (χ2n) is 4.11. The Morgan fingerprint density at radius 3 is 2.53 bits per heavy atom. The summed E-state index contributed by atoms with van der Waals surface area (Å²) in [7, 11) is 3.20. The normalized spacial score (nSPS) is 19.5. The van der Waals surface area contributed by atoms with Gasteiger partial charge in [0.1, 0.15) is 0 Å². The minimum Gasteiger partial charge on any atom is -0.493 e. The minimum atomic E-state index is 0.193. The van der Waals surface area contributed by atoms with Crippen LogP contribution in [0.1, 0.15) is 29.3 Å². The first-order valence-corrected chi connectivity index (χ1v) is 6.60. The number of hydrogen-bond donors (Lipinski definition) is 0. The van der Waals surface area contributed by atoms with E-state index in [0.717, 1.165) is 16.9 Å². The summed E-state index contributed by atoms with van der Waals surface area (Å²) in [6.45, 7) is 2.09. The van der Waals surface area contributed by atoms with Gasteiger partial charge >= 0.3 is 0 Å². The van der Waals surface area contributed by atoms with E-state index >= 15 is 0 Å². The summed E-state index contributed by atoms with van der Waals surface area (Å²) in [6, 6.07) is 3.71. The summed E-state index contributed by atoms with van der Waals surface area (Å²) in [4.78, 5) is 12.1. The van der Waals surface area contributed by atoms with Crippen LogP contribution < -0.4 is 9.47 Å². The molecule has 0 spiro atoms. The molecule has 0 saturated carbocycles. The number of carbonyl (C=O) groups excluding carboxylic acids is 1. The van der Waals surface area contributed by atoms with E-state index in [1.54, 1.807) is 32.0 Å². The molecule has 0 radical (unpaired) electrons. The second-order valence-corrected chi connectivity index (χ2v) is 5.54. The molecule has 17 heavy (non-hydrogen) atoms. The molecule has 1 atom stereocenters. The third-order valence-electron chi connectivity index (χ3n) is 2.91. The minimum absolute atomic E-state index is 0.193. The molecule has 0 bridgehead atoms. The fourth-order valence-corrected chi connectivity index (χ4v) is 2.93. The summed E-state index contributed by atoms with van der Waals surface area (Å²) in [6.07, 6.45) is 0.590. The molecule has 0 fully saturated rings. The lowest BCUT2D eigenvalue weighted by Gasteiger charge is -2.11. The number of Topliss-reactive ketones (excluding diaryl/α,β-unsaturated/α-hetero) is 1. The predicted octanol–water partition coefficient (Wildman–Crippen LogP) is 2.91. The maximum Gasteiger partial charge on any atom is 0.164 e. The van der Waals surface area contributed by atoms with Gasteiger partial charge in [0.25, 0.3) is 0 Å². The topological polar surface area (TPSA) is 35.5 Å². The van der Waals surface area contributed by atoms with E-state index in [4.69, 9.17) is 9.47 Å². The molecule has 0 saturated heterocycles. The summed E-state index contributed by atoms with van der Waals surface area (Å²) in [5.41, 5.74) is 1.82. The van der Waals surface area contributed by atoms with Crippen molar-refractivity contribution in [1.29, 1.82) is 0 Å². The van der Waals surface area contributed by atoms with Gasteiger partial charge in [-0.15, -0.1) is 0 Å². The fourth-order valence-electron chi connectivity index (χ4n) is 1.96. The van der Waals surface area contributed by atoms with Crippen molar-refractivity contribution in [3.63, 3.8) is 0 Å². The van der Waals surface area contributed by atoms with Crippen LogP contribution in [0.3, 0.4) is 0 Å². The van der Waals surface area contributed by atoms with Gasteiger partial charge in [-0.3, -0.25) is 4.79 Å². The van der Waals surface area contributed by atoms with Crippen LogP contribution in [-0.4, -0.2) is 25.3 Å². The average Bonchev–Trinajstić information content (AvgIpc) is 2.47. The predicted molar refractivity (Wildman–Crippen MR) is 69.3 cm³/mol. The molecule has 1 aromatic carbocycles. The summed E-state index contributed by atoms with van der Waals surface area (Å²) in [5.74, 6) is 2.36. The molecule has 92 valence electrons. The molecular formula is C13H16O3S. The van der Waals surface area contributed by atoms with Gasteiger partial charge in [-0.25, -0.2) is 0 Å². The summed E-state index contributed by atoms with van der Waals surface area (Å²) < 4.78 is 10.5. The van der Waals surface area contributed by atoms with E-state index in [1.807, 2.05) is 6.07 Å². The highest BCUT2D eigenvalue weighted by molar-refractivity contribution is 7.99. The van der Waals surface area contributed by atoms with Crippen LogP contribution in [0.25, 0.3) is 0 Å². The Bertz CT molecular complexity index is 443. The molecule has 0 N–H and O–H groups in total. The Morgan fingerprint density at radius 2 is 1.88 bits per heavy atom. The smallest absolute Gasteiger partial charge is 0.164 e. The number of hydrogen-bond acceptors (Lipinski definition) is 4. The molecule has 0 aliphatic carbocycles. The SMILES string of the molecule is COc1cc2c(cc1OC)C(=O)CC(C)SC2. The van der Waals surface area contributed by atoms with Crippen molar-refractivity contribution in [3.8, 4) is 11.5 Å². The Kier molecular flexibility index (Phi) is 3.62. The molecule has 3 nitrogen and oxygen atoms in total. The number of thioether (sulfide) groups is 1. The van der Waals surface area contributed by atoms with Gasteiger partial charge in [0.2, 0.25) is 0 Å². The van der Waals surface area contributed by atoms with E-state index < -0.39 is 0 Å². The van der Waals surface area contributed by atoms with Crippen molar-refractivity contribution in [2.24, 2.45) is 0 Å². The van der Waals surface area contributed by atoms with E-state index in [0.29, 0.717) is 23.2 Å². The molecule has 1 aromatic rings. The third kappa shape index (κ3) is 2.41. The first kappa shape index (κ1) is 12.3. The van der Waals surface area contributed by atoms with Crippen LogP contribution >= 0.6 is 11.8 Å². The van der Waals surface area contributed by atoms with Crippen LogP contribution in [0.2, 0.25) is 0 Å². The average molecular weight is 252 g/mol. The Morgan fingerprint density at radius 1 is 1.24 bits per heavy atom. The third-order valence-corrected chi connectivity index (χ3v) is 4.12. The fraction of sp³-hybridized carbons (Fsp3) is 0.462. The molecule has 1 aliphatic heterocycles. The van der Waals surface area contributed by atoms with Crippen LogP contribution in [0.5, 0.6) is 11.5 Å². The van der Waals surface area contributed by atoms with Crippen molar-refractivity contribution in [1.82, 2.24) is 0 Å². The first-order chi connectivity index (χ1) is 8.15. The molecule has 0 amide bonds. The maximum atomic E-state index is 12.1. The van der Waals surface area contributed by atoms with Crippen molar-refractivity contribution >= 4 is 17.5 Å². The van der Waals surface area contributed by atoms with Crippen LogP contribution in [0.4, 0.5) is 0 Å². The number of methoxy groups -OCH3 is 2. The van der Waals surface area contributed by atoms with Gasteiger partial charge in [0, 0.05) is 23.0 Å². The van der Waals surface area contributed by atoms with Gasteiger partial charge in [-0.2, -0.15) is 11.8 Å². The largest absolute Gasteiger partial charge is 0.493 e. The molecule has 1 heterocycles. The van der Waals surface area contributed by atoms with Crippen LogP contribution in [0, 0.1) is 0 Å². The highest BCUT2D eigenvalue weighted by Crippen LogP contribution is 2.36. The molecule has 1 aliphatic rings. The lowest BCUT2D eigenvalue weighted by molar-refractivity contribution is 0.0983. The van der Waals surface area contributed by atoms with E-state index in [2.05, 4.69) is 6.92 Å². The number of ether oxygens (including phenoxy) is 2. The zero-order chi connectivity index (χ0) is 12.4. The molecule has 2 rings (SSSR count). The maximum absolute atomic E-state index is 12.1. The van der Waals surface area contributed by atoms with Gasteiger partial charge in [0.05, 0.1) is 14.2 Å². The lowest BCUT2D eigenvalue weighted by Crippen LogP contribution is -2.06. The first-order valence-electron chi connectivity index (χ1n) is 5.55. The van der Waals surface area contributed by atoms with Gasteiger partial charge in [-0.1, -0.05) is 6.92 Å². The Hall–Kier alpha value is -1.16.